The van der Waals surface area contributed by atoms with Crippen molar-refractivity contribution in [3.63, 3.8) is 0 Å². The van der Waals surface area contributed by atoms with Crippen LogP contribution in [0.4, 0.5) is 5.69 Å². The van der Waals surface area contributed by atoms with Crippen molar-refractivity contribution < 1.29 is 14.6 Å². The number of benzene rings is 1. The van der Waals surface area contributed by atoms with Gasteiger partial charge in [0.2, 0.25) is 5.91 Å². The largest absolute Gasteiger partial charge is 0.495 e. The molecule has 2 rings (SSSR count). The van der Waals surface area contributed by atoms with Crippen LogP contribution in [-0.2, 0) is 4.79 Å². The van der Waals surface area contributed by atoms with Crippen LogP contribution in [0.1, 0.15) is 32.6 Å². The van der Waals surface area contributed by atoms with Gasteiger partial charge in [-0.05, 0) is 25.0 Å². The van der Waals surface area contributed by atoms with Crippen LogP contribution in [0.2, 0.25) is 0 Å². The van der Waals surface area contributed by atoms with Gasteiger partial charge < -0.3 is 20.5 Å². The Bertz CT molecular complexity index is 506. The van der Waals surface area contributed by atoms with E-state index in [-0.39, 0.29) is 24.0 Å². The summed E-state index contributed by atoms with van der Waals surface area (Å²) in [5.41, 5.74) is 0.585. The maximum absolute atomic E-state index is 12.0. The molecule has 1 aromatic rings. The third-order valence-corrected chi connectivity index (χ3v) is 4.52. The van der Waals surface area contributed by atoms with Crippen LogP contribution in [0.5, 0.6) is 5.75 Å². The SMILES string of the molecule is COc1ccccc1NCC(=O)NCC1(C)CCCCC1O. The molecular formula is C17H26N2O3. The van der Waals surface area contributed by atoms with Crippen LogP contribution >= 0.6 is 0 Å². The maximum Gasteiger partial charge on any atom is 0.239 e. The number of ether oxygens (including phenoxy) is 1. The summed E-state index contributed by atoms with van der Waals surface area (Å²) in [6.45, 7) is 2.75. The molecule has 0 heterocycles. The highest BCUT2D eigenvalue weighted by atomic mass is 16.5. The number of amides is 1. The molecule has 3 N–H and O–H groups in total. The number of nitrogens with one attached hydrogen (secondary N) is 2. The molecule has 1 aliphatic carbocycles. The molecule has 2 unspecified atom stereocenters. The highest BCUT2D eigenvalue weighted by molar-refractivity contribution is 5.81. The Morgan fingerprint density at radius 3 is 2.91 bits per heavy atom. The van der Waals surface area contributed by atoms with Crippen molar-refractivity contribution in [1.29, 1.82) is 0 Å². The number of rotatable bonds is 6. The van der Waals surface area contributed by atoms with E-state index in [1.807, 2.05) is 31.2 Å². The number of para-hydroxylation sites is 2. The Kier molecular flexibility index (Phi) is 5.66. The summed E-state index contributed by atoms with van der Waals surface area (Å²) in [5, 5.41) is 16.1. The van der Waals surface area contributed by atoms with Gasteiger partial charge in [-0.1, -0.05) is 31.9 Å². The molecule has 0 aromatic heterocycles. The van der Waals surface area contributed by atoms with E-state index >= 15 is 0 Å². The van der Waals surface area contributed by atoms with E-state index in [2.05, 4.69) is 10.6 Å². The molecule has 5 nitrogen and oxygen atoms in total. The van der Waals surface area contributed by atoms with Gasteiger partial charge in [0.1, 0.15) is 5.75 Å². The van der Waals surface area contributed by atoms with Crippen LogP contribution < -0.4 is 15.4 Å². The zero-order chi connectivity index (χ0) is 16.0. The molecule has 0 saturated heterocycles. The fourth-order valence-corrected chi connectivity index (χ4v) is 2.92. The fraction of sp³-hybridized carbons (Fsp3) is 0.588. The number of methoxy groups -OCH3 is 1. The van der Waals surface area contributed by atoms with E-state index in [9.17, 15) is 9.90 Å². The molecule has 22 heavy (non-hydrogen) atoms. The number of anilines is 1. The third-order valence-electron chi connectivity index (χ3n) is 4.52. The number of hydrogen-bond donors (Lipinski definition) is 3. The van der Waals surface area contributed by atoms with Gasteiger partial charge in [0.05, 0.1) is 25.4 Å². The lowest BCUT2D eigenvalue weighted by Gasteiger charge is -2.38. The Labute approximate surface area is 132 Å². The Hall–Kier alpha value is -1.75. The number of carbonyl (C=O) groups is 1. The molecule has 1 fully saturated rings. The van der Waals surface area contributed by atoms with E-state index in [0.717, 1.165) is 31.4 Å². The van der Waals surface area contributed by atoms with E-state index in [4.69, 9.17) is 4.74 Å². The van der Waals surface area contributed by atoms with E-state index in [1.54, 1.807) is 7.11 Å². The lowest BCUT2D eigenvalue weighted by molar-refractivity contribution is -0.120. The highest BCUT2D eigenvalue weighted by Crippen LogP contribution is 2.35. The molecule has 122 valence electrons. The second kappa shape index (κ2) is 7.49. The third kappa shape index (κ3) is 4.13. The molecule has 1 aromatic carbocycles. The average Bonchev–Trinajstić information content (AvgIpc) is 2.54. The molecule has 0 bridgehead atoms. The van der Waals surface area contributed by atoms with Crippen LogP contribution in [0, 0.1) is 5.41 Å². The summed E-state index contributed by atoms with van der Waals surface area (Å²) in [5.74, 6) is 0.634. The lowest BCUT2D eigenvalue weighted by Crippen LogP contribution is -2.46. The van der Waals surface area contributed by atoms with E-state index < -0.39 is 0 Å². The molecule has 0 radical (unpaired) electrons. The van der Waals surface area contributed by atoms with Gasteiger partial charge in [0.15, 0.2) is 0 Å². The Morgan fingerprint density at radius 1 is 1.41 bits per heavy atom. The monoisotopic (exact) mass is 306 g/mol. The molecule has 5 heteroatoms. The van der Waals surface area contributed by atoms with E-state index in [1.165, 1.54) is 0 Å². The summed E-state index contributed by atoms with van der Waals surface area (Å²) in [6.07, 6.45) is 3.63. The first-order valence-corrected chi connectivity index (χ1v) is 7.87. The number of aliphatic hydroxyl groups is 1. The van der Waals surface area contributed by atoms with Crippen molar-refractivity contribution >= 4 is 11.6 Å². The van der Waals surface area contributed by atoms with Crippen LogP contribution in [0.25, 0.3) is 0 Å². The quantitative estimate of drug-likeness (QED) is 0.753. The number of aliphatic hydroxyl groups excluding tert-OH is 1. The standard InChI is InChI=1S/C17H26N2O3/c1-17(10-6-5-9-15(17)20)12-19-16(21)11-18-13-7-3-4-8-14(13)22-2/h3-4,7-8,15,18,20H,5-6,9-12H2,1-2H3,(H,19,21). The predicted octanol–water partition coefficient (Wildman–Crippen LogP) is 2.16. The molecule has 1 saturated carbocycles. The fourth-order valence-electron chi connectivity index (χ4n) is 2.92. The normalized spacial score (nSPS) is 24.6. The Morgan fingerprint density at radius 2 is 2.18 bits per heavy atom. The average molecular weight is 306 g/mol. The van der Waals surface area contributed by atoms with E-state index in [0.29, 0.717) is 12.3 Å². The Balaban J connectivity index is 1.81. The first-order chi connectivity index (χ1) is 10.5. The molecule has 1 amide bonds. The minimum absolute atomic E-state index is 0.0788. The van der Waals surface area contributed by atoms with Gasteiger partial charge in [0.25, 0.3) is 0 Å². The van der Waals surface area contributed by atoms with Crippen LogP contribution in [0.3, 0.4) is 0 Å². The van der Waals surface area contributed by atoms with Crippen molar-refractivity contribution in [2.75, 3.05) is 25.5 Å². The van der Waals surface area contributed by atoms with Crippen molar-refractivity contribution in [2.45, 2.75) is 38.7 Å². The molecule has 1 aliphatic rings. The molecule has 0 spiro atoms. The summed E-state index contributed by atoms with van der Waals surface area (Å²) < 4.78 is 5.24. The summed E-state index contributed by atoms with van der Waals surface area (Å²) >= 11 is 0. The molecule has 0 aliphatic heterocycles. The molecule has 2 atom stereocenters. The number of carbonyl (C=O) groups excluding carboxylic acids is 1. The summed E-state index contributed by atoms with van der Waals surface area (Å²) in [4.78, 5) is 12.0. The lowest BCUT2D eigenvalue weighted by atomic mass is 9.73. The van der Waals surface area contributed by atoms with Gasteiger partial charge in [-0.15, -0.1) is 0 Å². The first-order valence-electron chi connectivity index (χ1n) is 7.87. The number of hydrogen-bond acceptors (Lipinski definition) is 4. The predicted molar refractivity (Wildman–Crippen MR) is 87.1 cm³/mol. The summed E-state index contributed by atoms with van der Waals surface area (Å²) in [7, 11) is 1.60. The van der Waals surface area contributed by atoms with Crippen molar-refractivity contribution in [1.82, 2.24) is 5.32 Å². The zero-order valence-corrected chi connectivity index (χ0v) is 13.4. The van der Waals surface area contributed by atoms with Crippen LogP contribution in [0.15, 0.2) is 24.3 Å². The van der Waals surface area contributed by atoms with Gasteiger partial charge >= 0.3 is 0 Å². The minimum Gasteiger partial charge on any atom is -0.495 e. The minimum atomic E-state index is -0.330. The second-order valence-corrected chi connectivity index (χ2v) is 6.25. The molecular weight excluding hydrogens is 280 g/mol. The first kappa shape index (κ1) is 16.6. The van der Waals surface area contributed by atoms with Gasteiger partial charge in [-0.3, -0.25) is 4.79 Å². The van der Waals surface area contributed by atoms with Crippen LogP contribution in [-0.4, -0.2) is 37.3 Å². The second-order valence-electron chi connectivity index (χ2n) is 6.25. The van der Waals surface area contributed by atoms with Gasteiger partial charge in [-0.25, -0.2) is 0 Å². The van der Waals surface area contributed by atoms with Crippen molar-refractivity contribution in [3.05, 3.63) is 24.3 Å². The van der Waals surface area contributed by atoms with Gasteiger partial charge in [0, 0.05) is 12.0 Å². The highest BCUT2D eigenvalue weighted by Gasteiger charge is 2.35. The smallest absolute Gasteiger partial charge is 0.239 e. The zero-order valence-electron chi connectivity index (χ0n) is 13.4. The van der Waals surface area contributed by atoms with Crippen molar-refractivity contribution in [3.8, 4) is 5.75 Å². The maximum atomic E-state index is 12.0. The topological polar surface area (TPSA) is 70.6 Å². The van der Waals surface area contributed by atoms with Crippen molar-refractivity contribution in [2.24, 2.45) is 5.41 Å². The summed E-state index contributed by atoms with van der Waals surface area (Å²) in [6, 6.07) is 7.50. The van der Waals surface area contributed by atoms with Gasteiger partial charge in [-0.2, -0.15) is 0 Å².